The molecular formula is C21H34IN7S. The number of nitrogens with one attached hydrogen (secondary N) is 1. The van der Waals surface area contributed by atoms with Crippen LogP contribution in [0.2, 0.25) is 0 Å². The summed E-state index contributed by atoms with van der Waals surface area (Å²) in [4.78, 5) is 11.5. The Morgan fingerprint density at radius 3 is 2.73 bits per heavy atom. The fraction of sp³-hybridized carbons (Fsp3) is 0.667. The lowest BCUT2D eigenvalue weighted by atomic mass is 10.2. The van der Waals surface area contributed by atoms with Crippen LogP contribution in [0.1, 0.15) is 43.3 Å². The fourth-order valence-electron chi connectivity index (χ4n) is 4.23. The van der Waals surface area contributed by atoms with E-state index in [0.717, 1.165) is 64.0 Å². The molecule has 30 heavy (non-hydrogen) atoms. The van der Waals surface area contributed by atoms with Gasteiger partial charge in [-0.15, -0.1) is 45.5 Å². The molecule has 1 aliphatic heterocycles. The third-order valence-electron chi connectivity index (χ3n) is 5.93. The number of hydrogen-bond donors (Lipinski definition) is 1. The number of thiophene rings is 1. The first kappa shape index (κ1) is 23.5. The Balaban J connectivity index is 0.00000256. The van der Waals surface area contributed by atoms with Crippen LogP contribution < -0.4 is 5.32 Å². The van der Waals surface area contributed by atoms with Crippen molar-refractivity contribution in [1.29, 1.82) is 0 Å². The molecule has 0 spiro atoms. The van der Waals surface area contributed by atoms with Gasteiger partial charge >= 0.3 is 0 Å². The van der Waals surface area contributed by atoms with Gasteiger partial charge in [0.05, 0.1) is 6.54 Å². The van der Waals surface area contributed by atoms with Crippen LogP contribution >= 0.6 is 35.3 Å². The van der Waals surface area contributed by atoms with E-state index in [-0.39, 0.29) is 24.0 Å². The normalized spacial score (nSPS) is 18.6. The van der Waals surface area contributed by atoms with Gasteiger partial charge in [-0.05, 0) is 24.3 Å². The highest BCUT2D eigenvalue weighted by molar-refractivity contribution is 14.0. The SMILES string of the molecule is CCc1nncn1CCN=C(NC1CCCC1)N1CCN(Cc2cccs2)CC1.I. The third-order valence-corrected chi connectivity index (χ3v) is 6.80. The number of rotatable bonds is 7. The van der Waals surface area contributed by atoms with Crippen molar-refractivity contribution < 1.29 is 0 Å². The summed E-state index contributed by atoms with van der Waals surface area (Å²) in [6, 6.07) is 4.96. The molecule has 1 saturated carbocycles. The molecule has 0 unspecified atom stereocenters. The van der Waals surface area contributed by atoms with Crippen LogP contribution in [0.4, 0.5) is 0 Å². The van der Waals surface area contributed by atoms with Gasteiger partial charge in [-0.2, -0.15) is 0 Å². The van der Waals surface area contributed by atoms with Crippen molar-refractivity contribution in [2.24, 2.45) is 4.99 Å². The van der Waals surface area contributed by atoms with E-state index in [1.165, 1.54) is 30.6 Å². The highest BCUT2D eigenvalue weighted by Gasteiger charge is 2.23. The van der Waals surface area contributed by atoms with Crippen molar-refractivity contribution in [2.45, 2.75) is 58.2 Å². The summed E-state index contributed by atoms with van der Waals surface area (Å²) < 4.78 is 2.12. The molecule has 1 N–H and O–H groups in total. The number of piperazine rings is 1. The number of aryl methyl sites for hydroxylation is 1. The maximum Gasteiger partial charge on any atom is 0.194 e. The number of guanidine groups is 1. The van der Waals surface area contributed by atoms with Crippen molar-refractivity contribution >= 4 is 41.3 Å². The van der Waals surface area contributed by atoms with Gasteiger partial charge in [-0.25, -0.2) is 0 Å². The molecule has 0 atom stereocenters. The lowest BCUT2D eigenvalue weighted by Crippen LogP contribution is -2.53. The minimum atomic E-state index is 0. The van der Waals surface area contributed by atoms with Gasteiger partial charge in [-0.1, -0.05) is 25.8 Å². The Morgan fingerprint density at radius 2 is 2.03 bits per heavy atom. The Morgan fingerprint density at radius 1 is 1.23 bits per heavy atom. The molecule has 9 heteroatoms. The number of aliphatic imine (C=N–C) groups is 1. The molecule has 2 aliphatic rings. The predicted molar refractivity (Wildman–Crippen MR) is 134 cm³/mol. The topological polar surface area (TPSA) is 61.6 Å². The average Bonchev–Trinajstić information content (AvgIpc) is 3.51. The van der Waals surface area contributed by atoms with Gasteiger partial charge in [0.1, 0.15) is 12.2 Å². The summed E-state index contributed by atoms with van der Waals surface area (Å²) in [6.07, 6.45) is 7.93. The Labute approximate surface area is 201 Å². The molecule has 0 aromatic carbocycles. The van der Waals surface area contributed by atoms with Crippen LogP contribution in [0.25, 0.3) is 0 Å². The second-order valence-corrected chi connectivity index (χ2v) is 9.00. The van der Waals surface area contributed by atoms with E-state index in [1.54, 1.807) is 0 Å². The standard InChI is InChI=1S/C21H33N7S.HI/c1-2-20-25-23-17-28(20)10-9-22-21(24-18-6-3-4-7-18)27-13-11-26(12-14-27)16-19-8-5-15-29-19;/h5,8,15,17-18H,2-4,6-7,9-14,16H2,1H3,(H,22,24);1H. The highest BCUT2D eigenvalue weighted by Crippen LogP contribution is 2.18. The van der Waals surface area contributed by atoms with Crippen LogP contribution in [0.15, 0.2) is 28.8 Å². The summed E-state index contributed by atoms with van der Waals surface area (Å²) in [7, 11) is 0. The summed E-state index contributed by atoms with van der Waals surface area (Å²) in [5.74, 6) is 2.13. The Bertz CT molecular complexity index is 762. The van der Waals surface area contributed by atoms with Crippen LogP contribution in [0.5, 0.6) is 0 Å². The summed E-state index contributed by atoms with van der Waals surface area (Å²) in [6.45, 7) is 9.05. The lowest BCUT2D eigenvalue weighted by molar-refractivity contribution is 0.173. The van der Waals surface area contributed by atoms with Gasteiger partial charge in [-0.3, -0.25) is 9.89 Å². The summed E-state index contributed by atoms with van der Waals surface area (Å²) in [5.41, 5.74) is 0. The fourth-order valence-corrected chi connectivity index (χ4v) is 4.98. The molecule has 0 bridgehead atoms. The molecule has 7 nitrogen and oxygen atoms in total. The average molecular weight is 544 g/mol. The first-order valence-electron chi connectivity index (χ1n) is 11.0. The zero-order valence-corrected chi connectivity index (χ0v) is 21.0. The lowest BCUT2D eigenvalue weighted by Gasteiger charge is -2.37. The first-order chi connectivity index (χ1) is 14.3. The van der Waals surface area contributed by atoms with Crippen molar-refractivity contribution in [1.82, 2.24) is 29.9 Å². The van der Waals surface area contributed by atoms with E-state index in [4.69, 9.17) is 4.99 Å². The van der Waals surface area contributed by atoms with Crippen molar-refractivity contribution in [3.05, 3.63) is 34.5 Å². The number of halogens is 1. The molecule has 2 aromatic heterocycles. The quantitative estimate of drug-likeness (QED) is 0.330. The van der Waals surface area contributed by atoms with Crippen LogP contribution in [-0.4, -0.2) is 69.3 Å². The van der Waals surface area contributed by atoms with E-state index in [1.807, 2.05) is 17.7 Å². The largest absolute Gasteiger partial charge is 0.354 e. The first-order valence-corrected chi connectivity index (χ1v) is 11.9. The number of hydrogen-bond acceptors (Lipinski definition) is 5. The van der Waals surface area contributed by atoms with Crippen LogP contribution in [-0.2, 0) is 19.5 Å². The van der Waals surface area contributed by atoms with Gasteiger partial charge in [0.2, 0.25) is 0 Å². The van der Waals surface area contributed by atoms with Gasteiger partial charge in [0.25, 0.3) is 0 Å². The second-order valence-electron chi connectivity index (χ2n) is 7.97. The second kappa shape index (κ2) is 12.0. The van der Waals surface area contributed by atoms with Gasteiger partial charge in [0, 0.05) is 56.6 Å². The van der Waals surface area contributed by atoms with E-state index >= 15 is 0 Å². The van der Waals surface area contributed by atoms with Gasteiger partial charge < -0.3 is 14.8 Å². The number of aromatic nitrogens is 3. The molecule has 1 saturated heterocycles. The van der Waals surface area contributed by atoms with Crippen LogP contribution in [0, 0.1) is 0 Å². The van der Waals surface area contributed by atoms with Crippen molar-refractivity contribution in [3.63, 3.8) is 0 Å². The molecule has 4 rings (SSSR count). The van der Waals surface area contributed by atoms with Crippen LogP contribution in [0.3, 0.4) is 0 Å². The molecule has 2 aromatic rings. The molecule has 1 aliphatic carbocycles. The third kappa shape index (κ3) is 6.40. The monoisotopic (exact) mass is 543 g/mol. The Kier molecular flexibility index (Phi) is 9.38. The summed E-state index contributed by atoms with van der Waals surface area (Å²) >= 11 is 1.85. The molecular weight excluding hydrogens is 509 g/mol. The summed E-state index contributed by atoms with van der Waals surface area (Å²) in [5, 5.41) is 14.2. The molecule has 166 valence electrons. The van der Waals surface area contributed by atoms with Crippen molar-refractivity contribution in [2.75, 3.05) is 32.7 Å². The predicted octanol–water partition coefficient (Wildman–Crippen LogP) is 3.23. The molecule has 2 fully saturated rings. The molecule has 0 radical (unpaired) electrons. The molecule has 3 heterocycles. The van der Waals surface area contributed by atoms with E-state index < -0.39 is 0 Å². The minimum Gasteiger partial charge on any atom is -0.354 e. The zero-order chi connectivity index (χ0) is 19.9. The van der Waals surface area contributed by atoms with E-state index in [2.05, 4.69) is 54.3 Å². The maximum absolute atomic E-state index is 5.00. The minimum absolute atomic E-state index is 0. The Hall–Kier alpha value is -1.20. The highest BCUT2D eigenvalue weighted by atomic mass is 127. The molecule has 0 amide bonds. The van der Waals surface area contributed by atoms with Crippen molar-refractivity contribution in [3.8, 4) is 0 Å². The maximum atomic E-state index is 5.00. The number of nitrogens with zero attached hydrogens (tertiary/aromatic N) is 6. The van der Waals surface area contributed by atoms with E-state index in [9.17, 15) is 0 Å². The van der Waals surface area contributed by atoms with E-state index in [0.29, 0.717) is 6.04 Å². The van der Waals surface area contributed by atoms with Gasteiger partial charge in [0.15, 0.2) is 5.96 Å². The smallest absolute Gasteiger partial charge is 0.194 e. The zero-order valence-electron chi connectivity index (χ0n) is 17.9.